The Morgan fingerprint density at radius 1 is 1.19 bits per heavy atom. The minimum atomic E-state index is 0.809. The van der Waals surface area contributed by atoms with Crippen molar-refractivity contribution in [2.24, 2.45) is 5.92 Å². The predicted octanol–water partition coefficient (Wildman–Crippen LogP) is 5.06. The molecule has 1 aromatic rings. The first kappa shape index (κ1) is 15.1. The highest BCUT2D eigenvalue weighted by Crippen LogP contribution is 2.37. The molecule has 1 fully saturated rings. The predicted molar refractivity (Wildman–Crippen MR) is 90.8 cm³/mol. The van der Waals surface area contributed by atoms with Crippen molar-refractivity contribution in [2.45, 2.75) is 76.7 Å². The molecule has 1 nitrogen and oxygen atoms in total. The normalized spacial score (nSPS) is 22.8. The number of fused-ring (bicyclic) bond motifs is 1. The minimum Gasteiger partial charge on any atom is -0.314 e. The van der Waals surface area contributed by atoms with Gasteiger partial charge in [0.25, 0.3) is 0 Å². The molecular weight excluding hydrogens is 254 g/mol. The fraction of sp³-hybridized carbons (Fsp3) is 0.700. The maximum Gasteiger partial charge on any atom is 0.00953 e. The fourth-order valence-electron chi connectivity index (χ4n) is 4.07. The first-order chi connectivity index (χ1) is 10.4. The van der Waals surface area contributed by atoms with E-state index in [0.29, 0.717) is 0 Å². The summed E-state index contributed by atoms with van der Waals surface area (Å²) in [6.07, 6.45) is 12.5. The monoisotopic (exact) mass is 285 g/mol. The van der Waals surface area contributed by atoms with Gasteiger partial charge in [0.1, 0.15) is 0 Å². The van der Waals surface area contributed by atoms with Crippen molar-refractivity contribution in [3.05, 3.63) is 35.4 Å². The largest absolute Gasteiger partial charge is 0.314 e. The molecule has 2 aliphatic carbocycles. The van der Waals surface area contributed by atoms with Gasteiger partial charge in [-0.3, -0.25) is 0 Å². The lowest BCUT2D eigenvalue weighted by Crippen LogP contribution is -2.31. The first-order valence-corrected chi connectivity index (χ1v) is 9.19. The zero-order chi connectivity index (χ0) is 14.5. The second kappa shape index (κ2) is 7.45. The molecular formula is C20H31N. The lowest BCUT2D eigenvalue weighted by Gasteiger charge is -2.26. The van der Waals surface area contributed by atoms with Crippen LogP contribution in [0.4, 0.5) is 0 Å². The summed E-state index contributed by atoms with van der Waals surface area (Å²) in [5.41, 5.74) is 3.28. The maximum absolute atomic E-state index is 3.79. The molecule has 116 valence electrons. The van der Waals surface area contributed by atoms with E-state index in [0.717, 1.165) is 17.9 Å². The van der Waals surface area contributed by atoms with Gasteiger partial charge in [-0.2, -0.15) is 0 Å². The molecule has 0 amide bonds. The van der Waals surface area contributed by atoms with E-state index in [1.807, 2.05) is 0 Å². The van der Waals surface area contributed by atoms with Crippen LogP contribution in [0.2, 0.25) is 0 Å². The summed E-state index contributed by atoms with van der Waals surface area (Å²) in [5.74, 6) is 1.83. The van der Waals surface area contributed by atoms with Gasteiger partial charge in [-0.15, -0.1) is 0 Å². The molecule has 2 unspecified atom stereocenters. The minimum absolute atomic E-state index is 0.809. The zero-order valence-electron chi connectivity index (χ0n) is 13.6. The van der Waals surface area contributed by atoms with Crippen LogP contribution in [0, 0.1) is 5.92 Å². The van der Waals surface area contributed by atoms with Crippen molar-refractivity contribution in [3.63, 3.8) is 0 Å². The quantitative estimate of drug-likeness (QED) is 0.704. The Hall–Kier alpha value is -0.820. The van der Waals surface area contributed by atoms with Gasteiger partial charge in [0, 0.05) is 6.04 Å². The molecule has 0 spiro atoms. The molecule has 0 aliphatic heterocycles. The van der Waals surface area contributed by atoms with Gasteiger partial charge in [-0.1, -0.05) is 37.6 Å². The van der Waals surface area contributed by atoms with Gasteiger partial charge >= 0.3 is 0 Å². The summed E-state index contributed by atoms with van der Waals surface area (Å²) < 4.78 is 0. The fourth-order valence-corrected chi connectivity index (χ4v) is 4.07. The smallest absolute Gasteiger partial charge is 0.00953 e. The van der Waals surface area contributed by atoms with E-state index in [4.69, 9.17) is 0 Å². The van der Waals surface area contributed by atoms with Crippen molar-refractivity contribution in [1.29, 1.82) is 0 Å². The number of aryl methyl sites for hydroxylation is 1. The lowest BCUT2D eigenvalue weighted by atomic mass is 9.80. The van der Waals surface area contributed by atoms with Crippen LogP contribution >= 0.6 is 0 Å². The van der Waals surface area contributed by atoms with Gasteiger partial charge in [-0.05, 0) is 80.9 Å². The van der Waals surface area contributed by atoms with Crippen LogP contribution < -0.4 is 5.32 Å². The highest BCUT2D eigenvalue weighted by atomic mass is 14.9. The van der Waals surface area contributed by atoms with E-state index >= 15 is 0 Å². The number of nitrogens with one attached hydrogen (secondary N) is 1. The Morgan fingerprint density at radius 2 is 2.05 bits per heavy atom. The van der Waals surface area contributed by atoms with Crippen LogP contribution in [-0.4, -0.2) is 12.6 Å². The highest BCUT2D eigenvalue weighted by molar-refractivity contribution is 5.32. The standard InChI is InChI=1S/C20H31N/c1-2-15-21-20(18-13-14-18)12-6-10-17-9-5-8-16-7-3-4-11-19(16)17/h3-4,7,11,17-18,20-21H,2,5-6,8-10,12-15H2,1H3. The zero-order valence-corrected chi connectivity index (χ0v) is 13.6. The third-order valence-corrected chi connectivity index (χ3v) is 5.41. The molecule has 3 rings (SSSR count). The molecule has 1 N–H and O–H groups in total. The van der Waals surface area contributed by atoms with Crippen molar-refractivity contribution in [1.82, 2.24) is 5.32 Å². The second-order valence-electron chi connectivity index (χ2n) is 7.12. The van der Waals surface area contributed by atoms with Crippen molar-refractivity contribution in [3.8, 4) is 0 Å². The number of hydrogen-bond donors (Lipinski definition) is 1. The Labute approximate surface area is 130 Å². The molecule has 0 aromatic heterocycles. The van der Waals surface area contributed by atoms with E-state index in [1.165, 1.54) is 64.3 Å². The van der Waals surface area contributed by atoms with E-state index in [-0.39, 0.29) is 0 Å². The number of rotatable bonds is 8. The maximum atomic E-state index is 3.79. The molecule has 0 bridgehead atoms. The van der Waals surface area contributed by atoms with Crippen molar-refractivity contribution < 1.29 is 0 Å². The Balaban J connectivity index is 1.49. The van der Waals surface area contributed by atoms with Gasteiger partial charge < -0.3 is 5.32 Å². The van der Waals surface area contributed by atoms with Crippen LogP contribution in [0.1, 0.15) is 75.3 Å². The van der Waals surface area contributed by atoms with Crippen LogP contribution in [-0.2, 0) is 6.42 Å². The number of hydrogen-bond acceptors (Lipinski definition) is 1. The summed E-state index contributed by atoms with van der Waals surface area (Å²) in [6.45, 7) is 3.48. The Kier molecular flexibility index (Phi) is 5.35. The van der Waals surface area contributed by atoms with Crippen LogP contribution in [0.15, 0.2) is 24.3 Å². The van der Waals surface area contributed by atoms with Gasteiger partial charge in [0.15, 0.2) is 0 Å². The Morgan fingerprint density at radius 3 is 2.86 bits per heavy atom. The molecule has 0 radical (unpaired) electrons. The summed E-state index contributed by atoms with van der Waals surface area (Å²) in [4.78, 5) is 0. The molecule has 1 aromatic carbocycles. The van der Waals surface area contributed by atoms with E-state index in [9.17, 15) is 0 Å². The van der Waals surface area contributed by atoms with Gasteiger partial charge in [0.2, 0.25) is 0 Å². The van der Waals surface area contributed by atoms with E-state index < -0.39 is 0 Å². The van der Waals surface area contributed by atoms with Crippen molar-refractivity contribution >= 4 is 0 Å². The third-order valence-electron chi connectivity index (χ3n) is 5.41. The van der Waals surface area contributed by atoms with E-state index in [1.54, 1.807) is 11.1 Å². The molecule has 1 heteroatoms. The first-order valence-electron chi connectivity index (χ1n) is 9.19. The molecule has 0 heterocycles. The van der Waals surface area contributed by atoms with Crippen LogP contribution in [0.25, 0.3) is 0 Å². The molecule has 21 heavy (non-hydrogen) atoms. The average molecular weight is 285 g/mol. The summed E-state index contributed by atoms with van der Waals surface area (Å²) in [7, 11) is 0. The SMILES string of the molecule is CCCNC(CCCC1CCCc2ccccc21)C1CC1. The lowest BCUT2D eigenvalue weighted by molar-refractivity contribution is 0.401. The Bertz CT molecular complexity index is 435. The molecule has 2 aliphatic rings. The second-order valence-corrected chi connectivity index (χ2v) is 7.12. The van der Waals surface area contributed by atoms with Crippen LogP contribution in [0.5, 0.6) is 0 Å². The van der Waals surface area contributed by atoms with Gasteiger partial charge in [-0.25, -0.2) is 0 Å². The highest BCUT2D eigenvalue weighted by Gasteiger charge is 2.30. The van der Waals surface area contributed by atoms with Gasteiger partial charge in [0.05, 0.1) is 0 Å². The number of benzene rings is 1. The third kappa shape index (κ3) is 4.10. The van der Waals surface area contributed by atoms with Crippen LogP contribution in [0.3, 0.4) is 0 Å². The molecule has 1 saturated carbocycles. The molecule has 0 saturated heterocycles. The molecule has 2 atom stereocenters. The van der Waals surface area contributed by atoms with E-state index in [2.05, 4.69) is 36.5 Å². The van der Waals surface area contributed by atoms with Crippen molar-refractivity contribution in [2.75, 3.05) is 6.54 Å². The topological polar surface area (TPSA) is 12.0 Å². The summed E-state index contributed by atoms with van der Waals surface area (Å²) in [5, 5.41) is 3.79. The summed E-state index contributed by atoms with van der Waals surface area (Å²) in [6, 6.07) is 9.97. The summed E-state index contributed by atoms with van der Waals surface area (Å²) >= 11 is 0. The average Bonchev–Trinajstić information content (AvgIpc) is 3.35.